The normalized spacial score (nSPS) is 10.4. The molecule has 0 spiro atoms. The van der Waals surface area contributed by atoms with Crippen LogP contribution >= 0.6 is 11.6 Å². The molecule has 0 unspecified atom stereocenters. The van der Waals surface area contributed by atoms with Gasteiger partial charge in [-0.1, -0.05) is 41.9 Å². The molecule has 2 aromatic carbocycles. The molecule has 0 saturated heterocycles. The number of benzene rings is 2. The molecule has 2 N–H and O–H groups in total. The van der Waals surface area contributed by atoms with Crippen molar-refractivity contribution in [3.05, 3.63) is 76.1 Å². The summed E-state index contributed by atoms with van der Waals surface area (Å²) in [6.45, 7) is 0.470. The van der Waals surface area contributed by atoms with Crippen LogP contribution in [0.1, 0.15) is 16.7 Å². The van der Waals surface area contributed by atoms with Crippen molar-refractivity contribution >= 4 is 17.4 Å². The molecule has 3 rings (SSSR count). The summed E-state index contributed by atoms with van der Waals surface area (Å²) in [7, 11) is 0. The number of halogens is 2. The van der Waals surface area contributed by atoms with Crippen molar-refractivity contribution in [1.82, 2.24) is 9.78 Å². The Kier molecular flexibility index (Phi) is 4.87. The monoisotopic (exact) mass is 356 g/mol. The zero-order chi connectivity index (χ0) is 17.8. The number of rotatable bonds is 5. The second-order valence-corrected chi connectivity index (χ2v) is 5.75. The first-order valence-corrected chi connectivity index (χ1v) is 7.83. The number of nitrogen functional groups attached to an aromatic ring is 1. The largest absolute Gasteiger partial charge is 0.471 e. The van der Waals surface area contributed by atoms with Crippen LogP contribution in [0.3, 0.4) is 0 Å². The van der Waals surface area contributed by atoms with Crippen molar-refractivity contribution in [3.8, 4) is 11.9 Å². The van der Waals surface area contributed by atoms with Crippen LogP contribution in [0, 0.1) is 17.1 Å². The lowest BCUT2D eigenvalue weighted by Gasteiger charge is -2.05. The average Bonchev–Trinajstić information content (AvgIpc) is 2.91. The van der Waals surface area contributed by atoms with Crippen molar-refractivity contribution in [2.45, 2.75) is 13.2 Å². The maximum absolute atomic E-state index is 13.0. The van der Waals surface area contributed by atoms with Gasteiger partial charge in [0.2, 0.25) is 0 Å². The molecule has 1 aromatic heterocycles. The molecule has 1 heterocycles. The lowest BCUT2D eigenvalue weighted by Crippen LogP contribution is -2.06. The van der Waals surface area contributed by atoms with Crippen molar-refractivity contribution in [2.75, 3.05) is 5.73 Å². The van der Waals surface area contributed by atoms with E-state index >= 15 is 0 Å². The minimum Gasteiger partial charge on any atom is -0.471 e. The van der Waals surface area contributed by atoms with Crippen molar-refractivity contribution in [2.24, 2.45) is 0 Å². The van der Waals surface area contributed by atoms with Crippen LogP contribution in [0.5, 0.6) is 5.88 Å². The Labute approximate surface area is 149 Å². The molecular weight excluding hydrogens is 343 g/mol. The maximum Gasteiger partial charge on any atom is 0.253 e. The number of ether oxygens (including phenoxy) is 1. The van der Waals surface area contributed by atoms with Crippen LogP contribution in [-0.2, 0) is 13.2 Å². The summed E-state index contributed by atoms with van der Waals surface area (Å²) in [4.78, 5) is 0. The molecule has 0 aliphatic carbocycles. The molecule has 0 aliphatic rings. The molecule has 0 fully saturated rings. The Balaban J connectivity index is 1.81. The van der Waals surface area contributed by atoms with E-state index in [4.69, 9.17) is 22.1 Å². The van der Waals surface area contributed by atoms with E-state index in [9.17, 15) is 9.65 Å². The fourth-order valence-electron chi connectivity index (χ4n) is 2.30. The molecule has 0 amide bonds. The van der Waals surface area contributed by atoms with Gasteiger partial charge >= 0.3 is 0 Å². The Bertz CT molecular complexity index is 931. The highest BCUT2D eigenvalue weighted by molar-refractivity contribution is 6.31. The summed E-state index contributed by atoms with van der Waals surface area (Å²) < 4.78 is 20.1. The van der Waals surface area contributed by atoms with E-state index in [-0.39, 0.29) is 29.7 Å². The molecule has 0 atom stereocenters. The second kappa shape index (κ2) is 7.24. The van der Waals surface area contributed by atoms with E-state index in [1.54, 1.807) is 18.2 Å². The standard InChI is InChI=1S/C18H14ClFN4O/c19-16-4-2-1-3-13(16)11-25-18-15(9-21)17(22)24(23-18)10-12-5-7-14(20)8-6-12/h1-8H,10-11,22H2. The lowest BCUT2D eigenvalue weighted by atomic mass is 10.2. The minimum atomic E-state index is -0.321. The third-order valence-electron chi connectivity index (χ3n) is 3.64. The summed E-state index contributed by atoms with van der Waals surface area (Å²) in [5, 5.41) is 14.2. The quantitative estimate of drug-likeness (QED) is 0.755. The van der Waals surface area contributed by atoms with Gasteiger partial charge in [-0.15, -0.1) is 5.10 Å². The van der Waals surface area contributed by atoms with Crippen LogP contribution in [-0.4, -0.2) is 9.78 Å². The second-order valence-electron chi connectivity index (χ2n) is 5.34. The molecular formula is C18H14ClFN4O. The van der Waals surface area contributed by atoms with Crippen LogP contribution in [0.15, 0.2) is 48.5 Å². The molecule has 7 heteroatoms. The van der Waals surface area contributed by atoms with Gasteiger partial charge in [0.25, 0.3) is 5.88 Å². The summed E-state index contributed by atoms with van der Waals surface area (Å²) in [6.07, 6.45) is 0. The Morgan fingerprint density at radius 2 is 1.92 bits per heavy atom. The Morgan fingerprint density at radius 3 is 2.60 bits per heavy atom. The smallest absolute Gasteiger partial charge is 0.253 e. The Morgan fingerprint density at radius 1 is 1.20 bits per heavy atom. The predicted molar refractivity (Wildman–Crippen MR) is 92.6 cm³/mol. The summed E-state index contributed by atoms with van der Waals surface area (Å²) >= 11 is 6.09. The molecule has 0 saturated carbocycles. The molecule has 3 aromatic rings. The van der Waals surface area contributed by atoms with Crippen molar-refractivity contribution in [3.63, 3.8) is 0 Å². The number of nitrogens with two attached hydrogens (primary N) is 1. The van der Waals surface area contributed by atoms with E-state index in [0.29, 0.717) is 11.6 Å². The zero-order valence-corrected chi connectivity index (χ0v) is 13.9. The SMILES string of the molecule is N#Cc1c(OCc2ccccc2Cl)nn(Cc2ccc(F)cc2)c1N. The molecule has 0 bridgehead atoms. The van der Waals surface area contributed by atoms with Gasteiger partial charge in [-0.2, -0.15) is 5.26 Å². The molecule has 25 heavy (non-hydrogen) atoms. The van der Waals surface area contributed by atoms with Gasteiger partial charge in [0, 0.05) is 10.6 Å². The first-order valence-electron chi connectivity index (χ1n) is 7.45. The van der Waals surface area contributed by atoms with E-state index in [1.807, 2.05) is 24.3 Å². The van der Waals surface area contributed by atoms with Crippen molar-refractivity contribution in [1.29, 1.82) is 5.26 Å². The average molecular weight is 357 g/mol. The van der Waals surface area contributed by atoms with Gasteiger partial charge < -0.3 is 10.5 Å². The maximum atomic E-state index is 13.0. The number of hydrogen-bond acceptors (Lipinski definition) is 4. The van der Waals surface area contributed by atoms with Gasteiger partial charge in [0.05, 0.1) is 6.54 Å². The van der Waals surface area contributed by atoms with Crippen LogP contribution < -0.4 is 10.5 Å². The lowest BCUT2D eigenvalue weighted by molar-refractivity contribution is 0.289. The highest BCUT2D eigenvalue weighted by atomic mass is 35.5. The summed E-state index contributed by atoms with van der Waals surface area (Å²) in [6, 6.07) is 15.2. The fraction of sp³-hybridized carbons (Fsp3) is 0.111. The first kappa shape index (κ1) is 16.8. The Hall–Kier alpha value is -3.04. The number of hydrogen-bond donors (Lipinski definition) is 1. The van der Waals surface area contributed by atoms with Gasteiger partial charge in [0.15, 0.2) is 5.56 Å². The van der Waals surface area contributed by atoms with E-state index < -0.39 is 0 Å². The van der Waals surface area contributed by atoms with Gasteiger partial charge in [-0.05, 0) is 23.8 Å². The van der Waals surface area contributed by atoms with Crippen LogP contribution in [0.4, 0.5) is 10.2 Å². The molecule has 5 nitrogen and oxygen atoms in total. The number of nitrogens with zero attached hydrogens (tertiary/aromatic N) is 3. The highest BCUT2D eigenvalue weighted by Crippen LogP contribution is 2.25. The predicted octanol–water partition coefficient (Wildman–Crippen LogP) is 3.76. The molecule has 126 valence electrons. The number of anilines is 1. The van der Waals surface area contributed by atoms with Crippen LogP contribution in [0.2, 0.25) is 5.02 Å². The highest BCUT2D eigenvalue weighted by Gasteiger charge is 2.17. The summed E-state index contributed by atoms with van der Waals surface area (Å²) in [5.41, 5.74) is 7.73. The minimum absolute atomic E-state index is 0.141. The van der Waals surface area contributed by atoms with E-state index in [0.717, 1.165) is 11.1 Å². The van der Waals surface area contributed by atoms with Gasteiger partial charge in [-0.25, -0.2) is 9.07 Å². The zero-order valence-electron chi connectivity index (χ0n) is 13.1. The van der Waals surface area contributed by atoms with Crippen LogP contribution in [0.25, 0.3) is 0 Å². The number of nitriles is 1. The molecule has 0 aliphatic heterocycles. The molecule has 0 radical (unpaired) electrons. The number of aromatic nitrogens is 2. The fourth-order valence-corrected chi connectivity index (χ4v) is 2.49. The third-order valence-corrected chi connectivity index (χ3v) is 4.01. The first-order chi connectivity index (χ1) is 12.1. The van der Waals surface area contributed by atoms with Crippen molar-refractivity contribution < 1.29 is 9.13 Å². The third kappa shape index (κ3) is 3.73. The van der Waals surface area contributed by atoms with Gasteiger partial charge in [-0.3, -0.25) is 0 Å². The van der Waals surface area contributed by atoms with E-state index in [1.165, 1.54) is 16.8 Å². The van der Waals surface area contributed by atoms with Gasteiger partial charge in [0.1, 0.15) is 24.3 Å². The van der Waals surface area contributed by atoms with E-state index in [2.05, 4.69) is 5.10 Å². The summed E-state index contributed by atoms with van der Waals surface area (Å²) in [5.74, 6) is 0.0154. The topological polar surface area (TPSA) is 76.9 Å².